The van der Waals surface area contributed by atoms with E-state index in [1.807, 2.05) is 10.9 Å². The first kappa shape index (κ1) is 9.71. The molecule has 0 spiro atoms. The van der Waals surface area contributed by atoms with E-state index in [1.54, 1.807) is 0 Å². The van der Waals surface area contributed by atoms with Gasteiger partial charge in [-0.2, -0.15) is 5.10 Å². The third-order valence-electron chi connectivity index (χ3n) is 3.42. The van der Waals surface area contributed by atoms with E-state index in [9.17, 15) is 0 Å². The molecular formula is C11H19N3. The third-order valence-corrected chi connectivity index (χ3v) is 3.42. The zero-order chi connectivity index (χ0) is 10.5. The summed E-state index contributed by atoms with van der Waals surface area (Å²) in [4.78, 5) is 0. The van der Waals surface area contributed by atoms with Gasteiger partial charge in [-0.3, -0.25) is 4.68 Å². The summed E-state index contributed by atoms with van der Waals surface area (Å²) in [5.41, 5.74) is 7.57. The van der Waals surface area contributed by atoms with E-state index in [2.05, 4.69) is 39.0 Å². The lowest BCUT2D eigenvalue weighted by Crippen LogP contribution is -2.06. The minimum absolute atomic E-state index is 0.255. The summed E-state index contributed by atoms with van der Waals surface area (Å²) in [5.74, 6) is 0.495. The average Bonchev–Trinajstić information content (AvgIpc) is 2.55. The van der Waals surface area contributed by atoms with E-state index in [0.29, 0.717) is 18.0 Å². The van der Waals surface area contributed by atoms with Crippen molar-refractivity contribution in [2.45, 2.75) is 45.7 Å². The third kappa shape index (κ3) is 1.27. The Morgan fingerprint density at radius 2 is 2.07 bits per heavy atom. The van der Waals surface area contributed by atoms with Crippen molar-refractivity contribution in [3.05, 3.63) is 18.0 Å². The van der Waals surface area contributed by atoms with Crippen molar-refractivity contribution in [1.82, 2.24) is 9.78 Å². The first-order chi connectivity index (χ1) is 6.44. The normalized spacial score (nSPS) is 29.6. The van der Waals surface area contributed by atoms with Crippen LogP contribution in [0.3, 0.4) is 0 Å². The van der Waals surface area contributed by atoms with Crippen molar-refractivity contribution < 1.29 is 0 Å². The molecule has 0 aliphatic heterocycles. The molecule has 2 N–H and O–H groups in total. The molecule has 1 heterocycles. The largest absolute Gasteiger partial charge is 0.327 e. The van der Waals surface area contributed by atoms with E-state index >= 15 is 0 Å². The van der Waals surface area contributed by atoms with Gasteiger partial charge in [0.05, 0.1) is 6.20 Å². The highest BCUT2D eigenvalue weighted by molar-refractivity contribution is 5.30. The molecule has 0 saturated heterocycles. The second-order valence-corrected chi connectivity index (χ2v) is 5.17. The maximum atomic E-state index is 6.02. The van der Waals surface area contributed by atoms with E-state index in [1.165, 1.54) is 5.56 Å². The number of hydrogen-bond donors (Lipinski definition) is 1. The van der Waals surface area contributed by atoms with Crippen LogP contribution in [0, 0.1) is 5.41 Å². The van der Waals surface area contributed by atoms with Crippen molar-refractivity contribution in [3.63, 3.8) is 0 Å². The molecule has 1 fully saturated rings. The van der Waals surface area contributed by atoms with Gasteiger partial charge in [0.2, 0.25) is 0 Å². The van der Waals surface area contributed by atoms with Crippen LogP contribution in [-0.4, -0.2) is 15.8 Å². The SMILES string of the molecule is CC(C)n1cc([C@H]2[C@H](N)C2(C)C)cn1. The molecule has 2 atom stereocenters. The van der Waals surface area contributed by atoms with E-state index < -0.39 is 0 Å². The van der Waals surface area contributed by atoms with Gasteiger partial charge in [0.1, 0.15) is 0 Å². The lowest BCUT2D eigenvalue weighted by Gasteiger charge is -2.03. The Morgan fingerprint density at radius 1 is 1.50 bits per heavy atom. The minimum Gasteiger partial charge on any atom is -0.327 e. The predicted octanol–water partition coefficient (Wildman–Crippen LogP) is 1.91. The van der Waals surface area contributed by atoms with Gasteiger partial charge in [0.25, 0.3) is 0 Å². The van der Waals surface area contributed by atoms with Crippen LogP contribution in [-0.2, 0) is 0 Å². The summed E-state index contributed by atoms with van der Waals surface area (Å²) in [6.45, 7) is 8.70. The van der Waals surface area contributed by atoms with Crippen LogP contribution < -0.4 is 5.73 Å². The van der Waals surface area contributed by atoms with Crippen LogP contribution in [0.4, 0.5) is 0 Å². The summed E-state index contributed by atoms with van der Waals surface area (Å²) in [5, 5.41) is 4.34. The molecule has 78 valence electrons. The van der Waals surface area contributed by atoms with Crippen LogP contribution in [0.25, 0.3) is 0 Å². The lowest BCUT2D eigenvalue weighted by atomic mass is 10.1. The number of nitrogens with two attached hydrogens (primary N) is 1. The van der Waals surface area contributed by atoms with Crippen molar-refractivity contribution >= 4 is 0 Å². The highest BCUT2D eigenvalue weighted by atomic mass is 15.3. The molecule has 2 rings (SSSR count). The Hall–Kier alpha value is -0.830. The molecule has 0 aromatic carbocycles. The fourth-order valence-corrected chi connectivity index (χ4v) is 2.11. The predicted molar refractivity (Wildman–Crippen MR) is 57.1 cm³/mol. The van der Waals surface area contributed by atoms with Crippen molar-refractivity contribution in [2.75, 3.05) is 0 Å². The molecule has 0 unspecified atom stereocenters. The molecule has 3 heteroatoms. The van der Waals surface area contributed by atoms with Crippen LogP contribution in [0.5, 0.6) is 0 Å². The van der Waals surface area contributed by atoms with Crippen molar-refractivity contribution in [2.24, 2.45) is 11.1 Å². The Balaban J connectivity index is 2.20. The Morgan fingerprint density at radius 3 is 2.43 bits per heavy atom. The molecule has 1 aromatic rings. The van der Waals surface area contributed by atoms with Crippen LogP contribution in [0.15, 0.2) is 12.4 Å². The topological polar surface area (TPSA) is 43.8 Å². The Bertz CT molecular complexity index is 338. The summed E-state index contributed by atoms with van der Waals surface area (Å²) < 4.78 is 2.00. The Kier molecular flexibility index (Phi) is 1.96. The van der Waals surface area contributed by atoms with E-state index in [0.717, 1.165) is 0 Å². The number of hydrogen-bond acceptors (Lipinski definition) is 2. The van der Waals surface area contributed by atoms with Gasteiger partial charge in [0.15, 0.2) is 0 Å². The maximum absolute atomic E-state index is 6.02. The monoisotopic (exact) mass is 193 g/mol. The highest BCUT2D eigenvalue weighted by Crippen LogP contribution is 2.57. The lowest BCUT2D eigenvalue weighted by molar-refractivity contribution is 0.531. The first-order valence-corrected chi connectivity index (χ1v) is 5.24. The number of aromatic nitrogens is 2. The van der Waals surface area contributed by atoms with Crippen LogP contribution in [0.2, 0.25) is 0 Å². The zero-order valence-corrected chi connectivity index (χ0v) is 9.36. The molecule has 3 nitrogen and oxygen atoms in total. The van der Waals surface area contributed by atoms with Gasteiger partial charge >= 0.3 is 0 Å². The molecule has 0 radical (unpaired) electrons. The molecule has 0 amide bonds. The number of nitrogens with zero attached hydrogens (tertiary/aromatic N) is 2. The summed E-state index contributed by atoms with van der Waals surface area (Å²) in [6, 6.07) is 0.731. The fraction of sp³-hybridized carbons (Fsp3) is 0.727. The van der Waals surface area contributed by atoms with Crippen molar-refractivity contribution in [3.8, 4) is 0 Å². The van der Waals surface area contributed by atoms with Gasteiger partial charge in [-0.05, 0) is 24.8 Å². The molecule has 1 aromatic heterocycles. The van der Waals surface area contributed by atoms with Crippen LogP contribution >= 0.6 is 0 Å². The standard InChI is InChI=1S/C11H19N3/c1-7(2)14-6-8(5-13-14)9-10(12)11(9,3)4/h5-7,9-10H,12H2,1-4H3/t9-,10-/m0/s1. The molecule has 0 bridgehead atoms. The minimum atomic E-state index is 0.255. The van der Waals surface area contributed by atoms with Crippen molar-refractivity contribution in [1.29, 1.82) is 0 Å². The van der Waals surface area contributed by atoms with E-state index in [4.69, 9.17) is 5.73 Å². The quantitative estimate of drug-likeness (QED) is 0.779. The molecule has 1 aliphatic carbocycles. The zero-order valence-electron chi connectivity index (χ0n) is 9.36. The fourth-order valence-electron chi connectivity index (χ4n) is 2.11. The smallest absolute Gasteiger partial charge is 0.0525 e. The van der Waals surface area contributed by atoms with Gasteiger partial charge < -0.3 is 5.73 Å². The van der Waals surface area contributed by atoms with Crippen LogP contribution in [0.1, 0.15) is 45.2 Å². The highest BCUT2D eigenvalue weighted by Gasteiger charge is 2.56. The average molecular weight is 193 g/mol. The molecule has 1 aliphatic rings. The molecule has 14 heavy (non-hydrogen) atoms. The van der Waals surface area contributed by atoms with Gasteiger partial charge in [-0.1, -0.05) is 13.8 Å². The first-order valence-electron chi connectivity index (χ1n) is 5.24. The van der Waals surface area contributed by atoms with Gasteiger partial charge in [-0.25, -0.2) is 0 Å². The number of rotatable bonds is 2. The summed E-state index contributed by atoms with van der Waals surface area (Å²) >= 11 is 0. The molecule has 1 saturated carbocycles. The maximum Gasteiger partial charge on any atom is 0.0525 e. The van der Waals surface area contributed by atoms with Gasteiger partial charge in [0, 0.05) is 24.2 Å². The second kappa shape index (κ2) is 2.83. The summed E-state index contributed by atoms with van der Waals surface area (Å²) in [6.07, 6.45) is 4.09. The van der Waals surface area contributed by atoms with E-state index in [-0.39, 0.29) is 5.41 Å². The summed E-state index contributed by atoms with van der Waals surface area (Å²) in [7, 11) is 0. The second-order valence-electron chi connectivity index (χ2n) is 5.17. The van der Waals surface area contributed by atoms with Gasteiger partial charge in [-0.15, -0.1) is 0 Å². The Labute approximate surface area is 85.3 Å². The molecular weight excluding hydrogens is 174 g/mol.